The summed E-state index contributed by atoms with van der Waals surface area (Å²) in [6, 6.07) is 16.4. The van der Waals surface area contributed by atoms with E-state index in [0.717, 1.165) is 41.8 Å². The second kappa shape index (κ2) is 9.82. The normalized spacial score (nSPS) is 13.0. The molecule has 1 aliphatic carbocycles. The molecule has 1 aromatic heterocycles. The number of benzene rings is 2. The van der Waals surface area contributed by atoms with Crippen LogP contribution in [-0.2, 0) is 9.59 Å². The van der Waals surface area contributed by atoms with Gasteiger partial charge in [-0.15, -0.1) is 0 Å². The Morgan fingerprint density at radius 1 is 0.867 bits per heavy atom. The van der Waals surface area contributed by atoms with E-state index in [1.54, 1.807) is 24.3 Å². The molecule has 4 rings (SSSR count). The summed E-state index contributed by atoms with van der Waals surface area (Å²) >= 11 is 0. The highest BCUT2D eigenvalue weighted by Crippen LogP contribution is 2.26. The molecule has 0 aliphatic heterocycles. The first-order chi connectivity index (χ1) is 14.4. The molecule has 0 saturated heterocycles. The maximum atomic E-state index is 12.9. The van der Waals surface area contributed by atoms with Gasteiger partial charge in [-0.3, -0.25) is 9.59 Å². The van der Waals surface area contributed by atoms with Gasteiger partial charge in [0.05, 0.1) is 6.54 Å². The molecule has 0 radical (unpaired) electrons. The summed E-state index contributed by atoms with van der Waals surface area (Å²) in [5, 5.41) is 2.47. The van der Waals surface area contributed by atoms with Crippen molar-refractivity contribution in [1.82, 2.24) is 10.3 Å². The fraction of sp³-hybridized carbons (Fsp3) is 0.217. The first kappa shape index (κ1) is 21.2. The number of nitrogens with one attached hydrogen (secondary N) is 2. The van der Waals surface area contributed by atoms with Crippen molar-refractivity contribution >= 4 is 11.8 Å². The average Bonchev–Trinajstić information content (AvgIpc) is 3.17. The molecule has 2 aromatic carbocycles. The standard InChI is InChI=1S/C16H11F2N.C7H12N2O2/c17-13-5-1-11(2-6-13)15-9-10-16(19-15)12-3-7-14(18)8-4-12;8-6(10)4-9-7(11)5-2-1-3-5/h1-10,19H;5H,1-4H2,(H2,8,10)(H,9,11). The molecule has 2 amide bonds. The zero-order chi connectivity index (χ0) is 21.5. The first-order valence-corrected chi connectivity index (χ1v) is 9.69. The molecule has 1 saturated carbocycles. The maximum absolute atomic E-state index is 12.9. The Balaban J connectivity index is 0.000000199. The first-order valence-electron chi connectivity index (χ1n) is 9.69. The van der Waals surface area contributed by atoms with Gasteiger partial charge in [-0.05, 0) is 84.6 Å². The predicted molar refractivity (Wildman–Crippen MR) is 111 cm³/mol. The predicted octanol–water partition coefficient (Wildman–Crippen LogP) is 4.01. The van der Waals surface area contributed by atoms with Crippen molar-refractivity contribution in [2.45, 2.75) is 19.3 Å². The van der Waals surface area contributed by atoms with Gasteiger partial charge in [0.2, 0.25) is 11.8 Å². The summed E-state index contributed by atoms with van der Waals surface area (Å²) in [7, 11) is 0. The molecular weight excluding hydrogens is 388 g/mol. The highest BCUT2D eigenvalue weighted by molar-refractivity contribution is 5.85. The van der Waals surface area contributed by atoms with Crippen molar-refractivity contribution in [3.63, 3.8) is 0 Å². The van der Waals surface area contributed by atoms with Gasteiger partial charge < -0.3 is 16.0 Å². The van der Waals surface area contributed by atoms with Crippen molar-refractivity contribution in [2.75, 3.05) is 6.54 Å². The molecule has 0 atom stereocenters. The SMILES string of the molecule is Fc1ccc(-c2ccc(-c3ccc(F)cc3)[nH]2)cc1.NC(=O)CNC(=O)C1CCC1. The van der Waals surface area contributed by atoms with Crippen LogP contribution in [0.5, 0.6) is 0 Å². The molecule has 1 heterocycles. The van der Waals surface area contributed by atoms with Crippen molar-refractivity contribution < 1.29 is 18.4 Å². The fourth-order valence-corrected chi connectivity index (χ4v) is 2.98. The number of nitrogens with two attached hydrogens (primary N) is 1. The van der Waals surface area contributed by atoms with Gasteiger partial charge >= 0.3 is 0 Å². The highest BCUT2D eigenvalue weighted by Gasteiger charge is 2.24. The number of halogens is 2. The van der Waals surface area contributed by atoms with Crippen molar-refractivity contribution in [1.29, 1.82) is 0 Å². The molecule has 5 nitrogen and oxygen atoms in total. The second-order valence-corrected chi connectivity index (χ2v) is 7.11. The number of amides is 2. The van der Waals surface area contributed by atoms with Gasteiger partial charge in [-0.25, -0.2) is 8.78 Å². The summed E-state index contributed by atoms with van der Waals surface area (Å²) in [4.78, 5) is 24.5. The molecule has 30 heavy (non-hydrogen) atoms. The Morgan fingerprint density at radius 3 is 1.70 bits per heavy atom. The summed E-state index contributed by atoms with van der Waals surface area (Å²) in [5.74, 6) is -0.898. The Hall–Kier alpha value is -3.48. The molecular formula is C23H23F2N3O2. The van der Waals surface area contributed by atoms with Crippen LogP contribution in [0.1, 0.15) is 19.3 Å². The number of primary amides is 1. The number of hydrogen-bond donors (Lipinski definition) is 3. The van der Waals surface area contributed by atoms with E-state index in [1.807, 2.05) is 12.1 Å². The van der Waals surface area contributed by atoms with Crippen molar-refractivity contribution in [3.05, 3.63) is 72.3 Å². The van der Waals surface area contributed by atoms with Crippen molar-refractivity contribution in [2.24, 2.45) is 11.7 Å². The minimum atomic E-state index is -0.488. The molecule has 0 spiro atoms. The van der Waals surface area contributed by atoms with Crippen LogP contribution in [-0.4, -0.2) is 23.3 Å². The third kappa shape index (κ3) is 5.76. The lowest BCUT2D eigenvalue weighted by Gasteiger charge is -2.23. The number of H-pyrrole nitrogens is 1. The van der Waals surface area contributed by atoms with E-state index in [9.17, 15) is 18.4 Å². The van der Waals surface area contributed by atoms with Crippen LogP contribution in [0.15, 0.2) is 60.7 Å². The van der Waals surface area contributed by atoms with E-state index < -0.39 is 5.91 Å². The molecule has 7 heteroatoms. The molecule has 0 unspecified atom stereocenters. The topological polar surface area (TPSA) is 88.0 Å². The van der Waals surface area contributed by atoms with Gasteiger partial charge in [0.25, 0.3) is 0 Å². The Bertz CT molecular complexity index is 934. The lowest BCUT2D eigenvalue weighted by Crippen LogP contribution is -2.39. The van der Waals surface area contributed by atoms with Crippen LogP contribution in [0.25, 0.3) is 22.5 Å². The van der Waals surface area contributed by atoms with Crippen LogP contribution in [0.4, 0.5) is 8.78 Å². The van der Waals surface area contributed by atoms with Gasteiger partial charge in [0.1, 0.15) is 11.6 Å². The smallest absolute Gasteiger partial charge is 0.236 e. The van der Waals surface area contributed by atoms with Gasteiger partial charge in [-0.1, -0.05) is 6.42 Å². The molecule has 4 N–H and O–H groups in total. The second-order valence-electron chi connectivity index (χ2n) is 7.11. The van der Waals surface area contributed by atoms with E-state index in [4.69, 9.17) is 5.73 Å². The average molecular weight is 411 g/mol. The lowest BCUT2D eigenvalue weighted by molar-refractivity contribution is -0.129. The van der Waals surface area contributed by atoms with Crippen LogP contribution in [0, 0.1) is 17.6 Å². The number of carbonyl (C=O) groups is 2. The minimum Gasteiger partial charge on any atom is -0.368 e. The summed E-state index contributed by atoms with van der Waals surface area (Å²) in [5.41, 5.74) is 8.47. The third-order valence-corrected chi connectivity index (χ3v) is 4.91. The number of aromatic amines is 1. The Kier molecular flexibility index (Phi) is 6.95. The number of carbonyl (C=O) groups excluding carboxylic acids is 2. The van der Waals surface area contributed by atoms with E-state index in [0.29, 0.717) is 0 Å². The number of aromatic nitrogens is 1. The third-order valence-electron chi connectivity index (χ3n) is 4.91. The summed E-state index contributed by atoms with van der Waals surface area (Å²) < 4.78 is 25.7. The van der Waals surface area contributed by atoms with Crippen LogP contribution >= 0.6 is 0 Å². The zero-order valence-electron chi connectivity index (χ0n) is 16.3. The van der Waals surface area contributed by atoms with Gasteiger partial charge in [0.15, 0.2) is 0 Å². The van der Waals surface area contributed by atoms with E-state index in [2.05, 4.69) is 10.3 Å². The molecule has 1 aliphatic rings. The molecule has 1 fully saturated rings. The van der Waals surface area contributed by atoms with E-state index in [-0.39, 0.29) is 30.0 Å². The largest absolute Gasteiger partial charge is 0.368 e. The fourth-order valence-electron chi connectivity index (χ4n) is 2.98. The van der Waals surface area contributed by atoms with Crippen LogP contribution < -0.4 is 11.1 Å². The monoisotopic (exact) mass is 411 g/mol. The Morgan fingerprint density at radius 2 is 1.33 bits per heavy atom. The van der Waals surface area contributed by atoms with Crippen LogP contribution in [0.2, 0.25) is 0 Å². The zero-order valence-corrected chi connectivity index (χ0v) is 16.3. The quantitative estimate of drug-likeness (QED) is 0.592. The van der Waals surface area contributed by atoms with Gasteiger partial charge in [0, 0.05) is 17.3 Å². The highest BCUT2D eigenvalue weighted by atomic mass is 19.1. The summed E-state index contributed by atoms with van der Waals surface area (Å²) in [6.07, 6.45) is 3.02. The van der Waals surface area contributed by atoms with E-state index in [1.165, 1.54) is 24.3 Å². The molecule has 0 bridgehead atoms. The van der Waals surface area contributed by atoms with Gasteiger partial charge in [-0.2, -0.15) is 0 Å². The summed E-state index contributed by atoms with van der Waals surface area (Å²) in [6.45, 7) is -0.0324. The van der Waals surface area contributed by atoms with E-state index >= 15 is 0 Å². The maximum Gasteiger partial charge on any atom is 0.236 e. The number of hydrogen-bond acceptors (Lipinski definition) is 2. The molecule has 156 valence electrons. The number of rotatable bonds is 5. The van der Waals surface area contributed by atoms with Crippen LogP contribution in [0.3, 0.4) is 0 Å². The lowest BCUT2D eigenvalue weighted by atomic mass is 9.85. The Labute approximate surface area is 173 Å². The minimum absolute atomic E-state index is 0.0324. The van der Waals surface area contributed by atoms with Crippen molar-refractivity contribution in [3.8, 4) is 22.5 Å². The molecule has 3 aromatic rings.